The third-order valence-corrected chi connectivity index (χ3v) is 10.4. The summed E-state index contributed by atoms with van der Waals surface area (Å²) in [6.07, 6.45) is 6.29. The number of para-hydroxylation sites is 2. The summed E-state index contributed by atoms with van der Waals surface area (Å²) in [4.78, 5) is 32.1. The van der Waals surface area contributed by atoms with E-state index in [4.69, 9.17) is 39.4 Å². The van der Waals surface area contributed by atoms with Gasteiger partial charge in [0.1, 0.15) is 15.8 Å². The number of ether oxygens (including phenoxy) is 2. The van der Waals surface area contributed by atoms with E-state index in [9.17, 15) is 13.0 Å². The van der Waals surface area contributed by atoms with Gasteiger partial charge in [-0.2, -0.15) is 29.9 Å². The second kappa shape index (κ2) is 19.1. The van der Waals surface area contributed by atoms with Crippen molar-refractivity contribution in [2.75, 3.05) is 83.7 Å². The molecule has 4 N–H and O–H groups in total. The molecule has 4 heterocycles. The number of hydrogen-bond donors (Lipinski definition) is 4. The second-order valence-electron chi connectivity index (χ2n) is 13.6. The maximum absolute atomic E-state index is 13.2. The van der Waals surface area contributed by atoms with Crippen LogP contribution in [-0.2, 0) is 19.6 Å². The van der Waals surface area contributed by atoms with E-state index in [1.165, 1.54) is 0 Å². The SMILES string of the molecule is O=S(=O)([O-])C1=C(C=Cc2ccccc2)C=CC(Nc2nc(Nc3ccccc3)nc(N3CCOCC3)n2)(Nc2nc(Nc3ccccc3)nc(N3CCOCC3)n2)C1.[Na+]. The first kappa shape index (κ1) is 41.7. The minimum absolute atomic E-state index is 0. The van der Waals surface area contributed by atoms with E-state index in [1.54, 1.807) is 24.3 Å². The Morgan fingerprint density at radius 2 is 1.05 bits per heavy atom. The fraction of sp³-hybridized carbons (Fsp3) is 0.250. The van der Waals surface area contributed by atoms with Gasteiger partial charge in [0.2, 0.25) is 35.7 Å². The van der Waals surface area contributed by atoms with E-state index in [2.05, 4.69) is 21.3 Å². The van der Waals surface area contributed by atoms with E-state index in [-0.39, 0.29) is 70.2 Å². The molecule has 2 saturated heterocycles. The van der Waals surface area contributed by atoms with E-state index in [0.717, 1.165) is 16.9 Å². The number of benzene rings is 3. The fourth-order valence-electron chi connectivity index (χ4n) is 6.54. The number of nitrogens with one attached hydrogen (secondary N) is 4. The van der Waals surface area contributed by atoms with Gasteiger partial charge in [-0.1, -0.05) is 85.0 Å². The van der Waals surface area contributed by atoms with Gasteiger partial charge >= 0.3 is 29.6 Å². The molecule has 2 fully saturated rings. The zero-order valence-corrected chi connectivity index (χ0v) is 35.2. The normalized spacial score (nSPS) is 16.7. The Morgan fingerprint density at radius 1 is 0.610 bits per heavy atom. The summed E-state index contributed by atoms with van der Waals surface area (Å²) in [5, 5.41) is 13.2. The van der Waals surface area contributed by atoms with Crippen LogP contribution in [-0.4, -0.2) is 101 Å². The third-order valence-electron chi connectivity index (χ3n) is 9.43. The van der Waals surface area contributed by atoms with Crippen LogP contribution in [0.4, 0.5) is 47.1 Å². The van der Waals surface area contributed by atoms with Crippen molar-refractivity contribution < 1.29 is 52.0 Å². The summed E-state index contributed by atoms with van der Waals surface area (Å²) in [6.45, 7) is 4.13. The fourth-order valence-corrected chi connectivity index (χ4v) is 7.37. The van der Waals surface area contributed by atoms with Crippen molar-refractivity contribution in [3.8, 4) is 0 Å². The predicted octanol–water partition coefficient (Wildman–Crippen LogP) is 1.91. The summed E-state index contributed by atoms with van der Waals surface area (Å²) in [5.41, 5.74) is 0.977. The average Bonchev–Trinajstić information content (AvgIpc) is 3.24. The Kier molecular flexibility index (Phi) is 13.5. The van der Waals surface area contributed by atoms with Gasteiger partial charge < -0.3 is 45.1 Å². The Balaban J connectivity index is 0.00000528. The van der Waals surface area contributed by atoms with Gasteiger partial charge in [-0.25, -0.2) is 8.42 Å². The first-order valence-corrected chi connectivity index (χ1v) is 20.2. The van der Waals surface area contributed by atoms with Gasteiger partial charge in [0.25, 0.3) is 0 Å². The van der Waals surface area contributed by atoms with Crippen LogP contribution < -0.4 is 60.6 Å². The van der Waals surface area contributed by atoms with Gasteiger partial charge in [-0.15, -0.1) is 0 Å². The molecule has 1 aliphatic carbocycles. The van der Waals surface area contributed by atoms with Crippen LogP contribution in [0.3, 0.4) is 0 Å². The Bertz CT molecular complexity index is 2290. The summed E-state index contributed by atoms with van der Waals surface area (Å²) < 4.78 is 50.7. The van der Waals surface area contributed by atoms with Gasteiger partial charge in [0, 0.05) is 48.9 Å². The number of hydrogen-bond acceptors (Lipinski definition) is 17. The van der Waals surface area contributed by atoms with Crippen LogP contribution >= 0.6 is 0 Å². The van der Waals surface area contributed by atoms with Crippen LogP contribution in [0.2, 0.25) is 0 Å². The van der Waals surface area contributed by atoms with Crippen molar-refractivity contribution in [1.82, 2.24) is 29.9 Å². The van der Waals surface area contributed by atoms with E-state index < -0.39 is 15.8 Å². The summed E-state index contributed by atoms with van der Waals surface area (Å²) in [5.74, 6) is 1.39. The Labute approximate surface area is 364 Å². The number of anilines is 8. The smallest absolute Gasteiger partial charge is 0.744 e. The maximum atomic E-state index is 13.2. The molecule has 0 saturated carbocycles. The molecule has 3 aromatic carbocycles. The molecular formula is C40H41N12NaO5S. The number of morpholine rings is 2. The summed E-state index contributed by atoms with van der Waals surface area (Å²) >= 11 is 0. The number of nitrogens with zero attached hydrogens (tertiary/aromatic N) is 8. The Hall–Kier alpha value is -5.47. The molecule has 298 valence electrons. The summed E-state index contributed by atoms with van der Waals surface area (Å²) in [7, 11) is -5.01. The molecule has 17 nitrogen and oxygen atoms in total. The van der Waals surface area contributed by atoms with Crippen LogP contribution in [0, 0.1) is 0 Å². The molecule has 0 spiro atoms. The monoisotopic (exact) mass is 824 g/mol. The first-order chi connectivity index (χ1) is 28.3. The largest absolute Gasteiger partial charge is 1.00 e. The van der Waals surface area contributed by atoms with E-state index in [0.29, 0.717) is 64.5 Å². The molecule has 5 aromatic rings. The van der Waals surface area contributed by atoms with Crippen LogP contribution in [0.15, 0.2) is 120 Å². The van der Waals surface area contributed by atoms with Gasteiger partial charge in [-0.05, 0) is 41.5 Å². The minimum Gasteiger partial charge on any atom is -0.744 e. The molecule has 2 aromatic heterocycles. The molecule has 0 bridgehead atoms. The molecule has 0 amide bonds. The molecule has 59 heavy (non-hydrogen) atoms. The molecule has 8 rings (SSSR count). The molecule has 0 atom stereocenters. The van der Waals surface area contributed by atoms with Crippen LogP contribution in [0.5, 0.6) is 0 Å². The number of rotatable bonds is 13. The van der Waals surface area contributed by atoms with Crippen molar-refractivity contribution in [1.29, 1.82) is 0 Å². The Morgan fingerprint density at radius 3 is 1.51 bits per heavy atom. The van der Waals surface area contributed by atoms with Crippen LogP contribution in [0.1, 0.15) is 12.0 Å². The van der Waals surface area contributed by atoms with Crippen molar-refractivity contribution in [3.05, 3.63) is 125 Å². The molecular weight excluding hydrogens is 784 g/mol. The zero-order chi connectivity index (χ0) is 39.8. The van der Waals surface area contributed by atoms with Crippen molar-refractivity contribution >= 4 is 63.3 Å². The third kappa shape index (κ3) is 11.0. The minimum atomic E-state index is -5.01. The van der Waals surface area contributed by atoms with E-state index >= 15 is 0 Å². The predicted molar refractivity (Wildman–Crippen MR) is 221 cm³/mol. The average molecular weight is 825 g/mol. The number of allylic oxidation sites excluding steroid dienone is 3. The number of aromatic nitrogens is 6. The standard InChI is InChI=1S/C40H42N12O5S.Na/c53-58(54,55)33-28-40(19-18-30(33)17-16-29-10-4-1-5-11-29,49-36-43-34(41-31-12-6-2-7-13-31)45-38(47-36)51-20-24-56-25-21-51)50-37-44-35(42-32-14-8-3-9-15-32)46-39(48-37)52-22-26-57-27-23-52;/h1-19H,20-28H2,(H,53,54,55)(H2,41,43,45,47,49)(H2,42,44,46,48,50);/q;+1/p-1. The topological polar surface area (TPSA) is 208 Å². The molecule has 0 unspecified atom stereocenters. The summed E-state index contributed by atoms with van der Waals surface area (Å²) in [6, 6.07) is 28.3. The van der Waals surface area contributed by atoms with Crippen molar-refractivity contribution in [3.63, 3.8) is 0 Å². The molecule has 2 aliphatic heterocycles. The van der Waals surface area contributed by atoms with Crippen molar-refractivity contribution in [2.45, 2.75) is 12.1 Å². The quantitative estimate of drug-likeness (QED) is 0.0760. The van der Waals surface area contributed by atoms with Gasteiger partial charge in [0.15, 0.2) is 0 Å². The maximum Gasteiger partial charge on any atom is 1.00 e. The first-order valence-electron chi connectivity index (χ1n) is 18.8. The van der Waals surface area contributed by atoms with E-state index in [1.807, 2.05) is 101 Å². The van der Waals surface area contributed by atoms with Gasteiger partial charge in [-0.3, -0.25) is 0 Å². The van der Waals surface area contributed by atoms with Crippen LogP contribution in [0.25, 0.3) is 6.08 Å². The second-order valence-corrected chi connectivity index (χ2v) is 15.0. The zero-order valence-electron chi connectivity index (χ0n) is 32.4. The van der Waals surface area contributed by atoms with Gasteiger partial charge in [0.05, 0.1) is 26.4 Å². The molecule has 19 heteroatoms. The van der Waals surface area contributed by atoms with Crippen molar-refractivity contribution in [2.24, 2.45) is 0 Å². The molecule has 0 radical (unpaired) electrons. The molecule has 3 aliphatic rings.